The molecule has 1 amide bonds. The molecule has 0 aromatic carbocycles. The lowest BCUT2D eigenvalue weighted by Crippen LogP contribution is -2.34. The highest BCUT2D eigenvalue weighted by Gasteiger charge is 2.21. The largest absolute Gasteiger partial charge is 0.459 e. The van der Waals surface area contributed by atoms with Crippen LogP contribution >= 0.6 is 11.3 Å². The molecule has 0 fully saturated rings. The minimum atomic E-state index is -0.473. The van der Waals surface area contributed by atoms with Crippen LogP contribution in [-0.4, -0.2) is 47.8 Å². The van der Waals surface area contributed by atoms with E-state index in [0.717, 1.165) is 11.3 Å². The third kappa shape index (κ3) is 4.43. The molecule has 2 rings (SSSR count). The zero-order valence-corrected chi connectivity index (χ0v) is 15.4. The van der Waals surface area contributed by atoms with Crippen molar-refractivity contribution in [3.05, 3.63) is 27.1 Å². The van der Waals surface area contributed by atoms with Crippen LogP contribution in [0.2, 0.25) is 0 Å². The Morgan fingerprint density at radius 2 is 2.12 bits per heavy atom. The van der Waals surface area contributed by atoms with Gasteiger partial charge in [0.05, 0.1) is 24.4 Å². The number of nitrogens with zero attached hydrogens (tertiary/aromatic N) is 2. The number of carbonyl (C=O) groups is 2. The maximum absolute atomic E-state index is 12.6. The van der Waals surface area contributed by atoms with Crippen molar-refractivity contribution < 1.29 is 19.1 Å². The van der Waals surface area contributed by atoms with Gasteiger partial charge >= 0.3 is 5.97 Å². The first kappa shape index (κ1) is 19.1. The maximum Gasteiger partial charge on any atom is 0.348 e. The Balaban J connectivity index is 2.30. The van der Waals surface area contributed by atoms with Crippen molar-refractivity contribution in [2.45, 2.75) is 33.4 Å². The van der Waals surface area contributed by atoms with Crippen LogP contribution in [0.5, 0.6) is 0 Å². The lowest BCUT2D eigenvalue weighted by Gasteiger charge is -2.07. The number of aryl methyl sites for hydroxylation is 1. The van der Waals surface area contributed by atoms with Gasteiger partial charge in [-0.2, -0.15) is 0 Å². The summed E-state index contributed by atoms with van der Waals surface area (Å²) in [7, 11) is 1.54. The fourth-order valence-electron chi connectivity index (χ4n) is 2.24. The third-order valence-corrected chi connectivity index (χ3v) is 4.57. The van der Waals surface area contributed by atoms with E-state index in [-0.39, 0.29) is 24.1 Å². The first-order valence-electron chi connectivity index (χ1n) is 7.80. The Morgan fingerprint density at radius 1 is 1.40 bits per heavy atom. The molecule has 25 heavy (non-hydrogen) atoms. The molecule has 1 N–H and O–H groups in total. The molecular weight excluding hydrogens is 346 g/mol. The zero-order valence-electron chi connectivity index (χ0n) is 14.6. The highest BCUT2D eigenvalue weighted by molar-refractivity contribution is 7.20. The summed E-state index contributed by atoms with van der Waals surface area (Å²) >= 11 is 1.12. The average Bonchev–Trinajstić information content (AvgIpc) is 2.87. The molecule has 0 radical (unpaired) electrons. The average molecular weight is 367 g/mol. The van der Waals surface area contributed by atoms with E-state index in [4.69, 9.17) is 9.47 Å². The van der Waals surface area contributed by atoms with Crippen LogP contribution in [0.1, 0.15) is 29.1 Å². The molecule has 2 aromatic rings. The second-order valence-electron chi connectivity index (χ2n) is 5.71. The van der Waals surface area contributed by atoms with Crippen molar-refractivity contribution in [3.63, 3.8) is 0 Å². The van der Waals surface area contributed by atoms with E-state index >= 15 is 0 Å². The van der Waals surface area contributed by atoms with Gasteiger partial charge in [-0.3, -0.25) is 14.2 Å². The molecule has 0 aliphatic rings. The van der Waals surface area contributed by atoms with Crippen molar-refractivity contribution in [1.82, 2.24) is 14.9 Å². The number of amides is 1. The first-order chi connectivity index (χ1) is 11.8. The van der Waals surface area contributed by atoms with Crippen molar-refractivity contribution in [2.24, 2.45) is 0 Å². The minimum absolute atomic E-state index is 0.146. The summed E-state index contributed by atoms with van der Waals surface area (Å²) in [5, 5.41) is 2.98. The molecule has 2 heterocycles. The lowest BCUT2D eigenvalue weighted by molar-refractivity contribution is -0.121. The number of thiophene rings is 1. The van der Waals surface area contributed by atoms with E-state index in [2.05, 4.69) is 10.3 Å². The van der Waals surface area contributed by atoms with Gasteiger partial charge in [-0.1, -0.05) is 0 Å². The Morgan fingerprint density at radius 3 is 2.76 bits per heavy atom. The van der Waals surface area contributed by atoms with Crippen LogP contribution in [0.4, 0.5) is 0 Å². The van der Waals surface area contributed by atoms with Crippen LogP contribution < -0.4 is 10.9 Å². The van der Waals surface area contributed by atoms with E-state index in [0.29, 0.717) is 33.8 Å². The topological polar surface area (TPSA) is 99.5 Å². The number of rotatable bonds is 7. The van der Waals surface area contributed by atoms with E-state index < -0.39 is 5.97 Å². The number of esters is 1. The molecule has 0 saturated carbocycles. The van der Waals surface area contributed by atoms with Crippen molar-refractivity contribution >= 4 is 33.4 Å². The van der Waals surface area contributed by atoms with Gasteiger partial charge in [0.15, 0.2) is 0 Å². The number of carbonyl (C=O) groups excluding carboxylic acids is 2. The van der Waals surface area contributed by atoms with Gasteiger partial charge in [-0.15, -0.1) is 11.3 Å². The van der Waals surface area contributed by atoms with Gasteiger partial charge in [0.2, 0.25) is 5.91 Å². The van der Waals surface area contributed by atoms with Crippen molar-refractivity contribution in [2.75, 3.05) is 20.3 Å². The number of aromatic nitrogens is 2. The summed E-state index contributed by atoms with van der Waals surface area (Å²) < 4.78 is 11.3. The molecular formula is C16H21N3O5S. The number of methoxy groups -OCH3 is 1. The van der Waals surface area contributed by atoms with Gasteiger partial charge in [-0.05, 0) is 26.3 Å². The fraction of sp³-hybridized carbons (Fsp3) is 0.500. The van der Waals surface area contributed by atoms with Gasteiger partial charge in [0.1, 0.15) is 16.3 Å². The summed E-state index contributed by atoms with van der Waals surface area (Å²) in [5.74, 6) is -0.786. The molecule has 136 valence electrons. The van der Waals surface area contributed by atoms with Crippen LogP contribution in [0.3, 0.4) is 0 Å². The van der Waals surface area contributed by atoms with Gasteiger partial charge in [-0.25, -0.2) is 9.78 Å². The molecule has 0 aliphatic carbocycles. The SMILES string of the molecule is COCCNC(=O)Cn1cnc2sc(C(=O)OC(C)C)c(C)c2c1=O. The predicted molar refractivity (Wildman–Crippen MR) is 94.1 cm³/mol. The smallest absolute Gasteiger partial charge is 0.348 e. The quantitative estimate of drug-likeness (QED) is 0.581. The number of ether oxygens (including phenoxy) is 2. The standard InChI is InChI=1S/C16H21N3O5S/c1-9(2)24-16(22)13-10(3)12-14(25-13)18-8-19(15(12)21)7-11(20)17-5-6-23-4/h8-9H,5-7H2,1-4H3,(H,17,20). The highest BCUT2D eigenvalue weighted by Crippen LogP contribution is 2.27. The number of fused-ring (bicyclic) bond motifs is 1. The van der Waals surface area contributed by atoms with E-state index in [9.17, 15) is 14.4 Å². The first-order valence-corrected chi connectivity index (χ1v) is 8.62. The summed E-state index contributed by atoms with van der Waals surface area (Å²) in [6, 6.07) is 0. The molecule has 0 saturated heterocycles. The van der Waals surface area contributed by atoms with Gasteiger partial charge < -0.3 is 14.8 Å². The molecule has 2 aromatic heterocycles. The summed E-state index contributed by atoms with van der Waals surface area (Å²) in [5.41, 5.74) is 0.168. The predicted octanol–water partition coefficient (Wildman–Crippen LogP) is 1.09. The molecule has 0 spiro atoms. The summed E-state index contributed by atoms with van der Waals surface area (Å²) in [6.45, 7) is 5.81. The van der Waals surface area contributed by atoms with Crippen molar-refractivity contribution in [3.8, 4) is 0 Å². The zero-order chi connectivity index (χ0) is 18.6. The fourth-order valence-corrected chi connectivity index (χ4v) is 3.26. The second kappa shape index (κ2) is 8.21. The number of nitrogens with one attached hydrogen (secondary N) is 1. The summed E-state index contributed by atoms with van der Waals surface area (Å²) in [4.78, 5) is 41.7. The Labute approximate surface area is 148 Å². The van der Waals surface area contributed by atoms with E-state index in [1.807, 2.05) is 0 Å². The number of hydrogen-bond donors (Lipinski definition) is 1. The van der Waals surface area contributed by atoms with Crippen LogP contribution in [0.25, 0.3) is 10.2 Å². The molecule has 9 heteroatoms. The molecule has 8 nitrogen and oxygen atoms in total. The molecule has 0 unspecified atom stereocenters. The lowest BCUT2D eigenvalue weighted by atomic mass is 10.2. The number of hydrogen-bond acceptors (Lipinski definition) is 7. The van der Waals surface area contributed by atoms with Crippen LogP contribution in [-0.2, 0) is 20.8 Å². The van der Waals surface area contributed by atoms with E-state index in [1.165, 1.54) is 18.0 Å². The maximum atomic E-state index is 12.6. The summed E-state index contributed by atoms with van der Waals surface area (Å²) in [6.07, 6.45) is 1.06. The van der Waals surface area contributed by atoms with Crippen molar-refractivity contribution in [1.29, 1.82) is 0 Å². The van der Waals surface area contributed by atoms with Crippen LogP contribution in [0.15, 0.2) is 11.1 Å². The monoisotopic (exact) mass is 367 g/mol. The molecule has 0 atom stereocenters. The highest BCUT2D eigenvalue weighted by atomic mass is 32.1. The molecule has 0 bridgehead atoms. The second-order valence-corrected chi connectivity index (χ2v) is 6.71. The normalized spacial score (nSPS) is 11.1. The van der Waals surface area contributed by atoms with Gasteiger partial charge in [0, 0.05) is 13.7 Å². The Kier molecular flexibility index (Phi) is 6.27. The van der Waals surface area contributed by atoms with E-state index in [1.54, 1.807) is 20.8 Å². The Bertz CT molecular complexity index is 840. The third-order valence-electron chi connectivity index (χ3n) is 3.39. The minimum Gasteiger partial charge on any atom is -0.459 e. The molecule has 0 aliphatic heterocycles. The van der Waals surface area contributed by atoms with Crippen LogP contribution in [0, 0.1) is 6.92 Å². The van der Waals surface area contributed by atoms with Gasteiger partial charge in [0.25, 0.3) is 5.56 Å². The Hall–Kier alpha value is -2.26.